The number of aliphatic hydroxyl groups is 1. The maximum absolute atomic E-state index is 9.91. The smallest absolute Gasteiger partial charge is 0.222 e. The van der Waals surface area contributed by atoms with Crippen molar-refractivity contribution in [1.29, 1.82) is 0 Å². The Bertz CT molecular complexity index is 349. The van der Waals surface area contributed by atoms with Crippen LogP contribution in [-0.2, 0) is 0 Å². The third kappa shape index (κ3) is 3.12. The van der Waals surface area contributed by atoms with Crippen LogP contribution in [0.3, 0.4) is 0 Å². The van der Waals surface area contributed by atoms with E-state index >= 15 is 0 Å². The lowest BCUT2D eigenvalue weighted by Crippen LogP contribution is -2.26. The fourth-order valence-electron chi connectivity index (χ4n) is 1.19. The standard InChI is InChI=1S/C10H20N4OS/c1-5-10(4,15)6-16-9-13-12-8(11)14(9)7(2)3/h7,15H,5-6H2,1-4H3,(H2,11,12). The zero-order valence-corrected chi connectivity index (χ0v) is 11.1. The van der Waals surface area contributed by atoms with Crippen molar-refractivity contribution in [1.82, 2.24) is 14.8 Å². The van der Waals surface area contributed by atoms with Crippen LogP contribution in [0.15, 0.2) is 5.16 Å². The minimum atomic E-state index is -0.673. The average Bonchev–Trinajstić information content (AvgIpc) is 2.57. The van der Waals surface area contributed by atoms with E-state index in [4.69, 9.17) is 5.73 Å². The molecule has 1 atom stereocenters. The number of thioether (sulfide) groups is 1. The van der Waals surface area contributed by atoms with Gasteiger partial charge in [-0.1, -0.05) is 18.7 Å². The number of nitrogen functional groups attached to an aromatic ring is 1. The number of anilines is 1. The summed E-state index contributed by atoms with van der Waals surface area (Å²) in [7, 11) is 0. The molecule has 1 unspecified atom stereocenters. The summed E-state index contributed by atoms with van der Waals surface area (Å²) in [5.74, 6) is 1.02. The van der Waals surface area contributed by atoms with Gasteiger partial charge in [-0.05, 0) is 27.2 Å². The van der Waals surface area contributed by atoms with Crippen molar-refractivity contribution in [3.05, 3.63) is 0 Å². The van der Waals surface area contributed by atoms with E-state index in [1.54, 1.807) is 0 Å². The highest BCUT2D eigenvalue weighted by Gasteiger charge is 2.21. The number of nitrogens with zero attached hydrogens (tertiary/aromatic N) is 3. The summed E-state index contributed by atoms with van der Waals surface area (Å²) >= 11 is 1.49. The summed E-state index contributed by atoms with van der Waals surface area (Å²) in [4.78, 5) is 0. The number of rotatable bonds is 5. The molecular weight excluding hydrogens is 224 g/mol. The minimum absolute atomic E-state index is 0.226. The van der Waals surface area contributed by atoms with Gasteiger partial charge in [-0.2, -0.15) is 0 Å². The molecule has 6 heteroatoms. The predicted octanol–water partition coefficient (Wildman–Crippen LogP) is 1.69. The largest absolute Gasteiger partial charge is 0.389 e. The summed E-state index contributed by atoms with van der Waals surface area (Å²) in [6.07, 6.45) is 0.714. The Morgan fingerprint density at radius 2 is 2.12 bits per heavy atom. The van der Waals surface area contributed by atoms with Crippen LogP contribution < -0.4 is 5.73 Å². The second kappa shape index (κ2) is 5.05. The van der Waals surface area contributed by atoms with Gasteiger partial charge in [0.15, 0.2) is 5.16 Å². The molecule has 0 aliphatic heterocycles. The van der Waals surface area contributed by atoms with E-state index in [-0.39, 0.29) is 6.04 Å². The van der Waals surface area contributed by atoms with E-state index in [1.807, 2.05) is 32.3 Å². The van der Waals surface area contributed by atoms with Crippen molar-refractivity contribution in [3.63, 3.8) is 0 Å². The normalized spacial score (nSPS) is 15.4. The number of aromatic nitrogens is 3. The maximum Gasteiger partial charge on any atom is 0.222 e. The second-order valence-corrected chi connectivity index (χ2v) is 5.39. The lowest BCUT2D eigenvalue weighted by Gasteiger charge is -2.20. The summed E-state index contributed by atoms with van der Waals surface area (Å²) in [5, 5.41) is 18.5. The van der Waals surface area contributed by atoms with E-state index in [0.29, 0.717) is 18.1 Å². The quantitative estimate of drug-likeness (QED) is 0.771. The van der Waals surface area contributed by atoms with Crippen molar-refractivity contribution < 1.29 is 5.11 Å². The van der Waals surface area contributed by atoms with E-state index in [0.717, 1.165) is 5.16 Å². The fourth-order valence-corrected chi connectivity index (χ4v) is 2.38. The Kier molecular flexibility index (Phi) is 4.21. The van der Waals surface area contributed by atoms with Gasteiger partial charge in [0, 0.05) is 11.8 Å². The van der Waals surface area contributed by atoms with Crippen LogP contribution in [0.25, 0.3) is 0 Å². The summed E-state index contributed by atoms with van der Waals surface area (Å²) in [6.45, 7) is 7.84. The molecule has 0 aliphatic rings. The van der Waals surface area contributed by atoms with Crippen molar-refractivity contribution in [2.75, 3.05) is 11.5 Å². The van der Waals surface area contributed by atoms with E-state index in [1.165, 1.54) is 11.8 Å². The molecule has 16 heavy (non-hydrogen) atoms. The van der Waals surface area contributed by atoms with Gasteiger partial charge in [0.1, 0.15) is 0 Å². The lowest BCUT2D eigenvalue weighted by atomic mass is 10.1. The Hall–Kier alpha value is -0.750. The van der Waals surface area contributed by atoms with Crippen LogP contribution in [0.2, 0.25) is 0 Å². The van der Waals surface area contributed by atoms with Gasteiger partial charge >= 0.3 is 0 Å². The van der Waals surface area contributed by atoms with Crippen molar-refractivity contribution in [2.24, 2.45) is 0 Å². The number of hydrogen-bond donors (Lipinski definition) is 2. The van der Waals surface area contributed by atoms with E-state index in [9.17, 15) is 5.11 Å². The highest BCUT2D eigenvalue weighted by Crippen LogP contribution is 2.26. The Morgan fingerprint density at radius 3 is 2.62 bits per heavy atom. The molecule has 0 aromatic carbocycles. The molecule has 0 saturated heterocycles. The van der Waals surface area contributed by atoms with Crippen LogP contribution >= 0.6 is 11.8 Å². The van der Waals surface area contributed by atoms with Crippen LogP contribution in [0.4, 0.5) is 5.95 Å². The topological polar surface area (TPSA) is 77.0 Å². The van der Waals surface area contributed by atoms with Gasteiger partial charge < -0.3 is 10.8 Å². The summed E-state index contributed by atoms with van der Waals surface area (Å²) < 4.78 is 1.87. The van der Waals surface area contributed by atoms with Gasteiger partial charge in [-0.15, -0.1) is 10.2 Å². The minimum Gasteiger partial charge on any atom is -0.389 e. The molecule has 0 amide bonds. The van der Waals surface area contributed by atoms with Crippen molar-refractivity contribution in [3.8, 4) is 0 Å². The highest BCUT2D eigenvalue weighted by molar-refractivity contribution is 7.99. The molecule has 0 fully saturated rings. The monoisotopic (exact) mass is 244 g/mol. The highest BCUT2D eigenvalue weighted by atomic mass is 32.2. The van der Waals surface area contributed by atoms with Gasteiger partial charge in [-0.25, -0.2) is 0 Å². The molecule has 1 rings (SSSR count). The van der Waals surface area contributed by atoms with Crippen molar-refractivity contribution >= 4 is 17.7 Å². The molecule has 3 N–H and O–H groups in total. The van der Waals surface area contributed by atoms with Gasteiger partial charge in [0.05, 0.1) is 5.60 Å². The van der Waals surface area contributed by atoms with Crippen LogP contribution in [-0.4, -0.2) is 31.2 Å². The average molecular weight is 244 g/mol. The first-order valence-electron chi connectivity index (χ1n) is 5.43. The molecule has 1 aromatic rings. The van der Waals surface area contributed by atoms with Crippen LogP contribution in [0.5, 0.6) is 0 Å². The molecule has 0 bridgehead atoms. The predicted molar refractivity (Wildman–Crippen MR) is 66.5 cm³/mol. The third-order valence-electron chi connectivity index (χ3n) is 2.48. The number of nitrogens with two attached hydrogens (primary N) is 1. The lowest BCUT2D eigenvalue weighted by molar-refractivity contribution is 0.0815. The Balaban J connectivity index is 2.75. The fraction of sp³-hybridized carbons (Fsp3) is 0.800. The first-order valence-corrected chi connectivity index (χ1v) is 6.41. The van der Waals surface area contributed by atoms with E-state index < -0.39 is 5.60 Å². The second-order valence-electron chi connectivity index (χ2n) is 4.44. The maximum atomic E-state index is 9.91. The first kappa shape index (κ1) is 13.3. The Morgan fingerprint density at radius 1 is 1.50 bits per heavy atom. The molecule has 5 nitrogen and oxygen atoms in total. The molecule has 1 aromatic heterocycles. The third-order valence-corrected chi connectivity index (χ3v) is 3.78. The first-order chi connectivity index (χ1) is 7.37. The molecular formula is C10H20N4OS. The van der Waals surface area contributed by atoms with Crippen molar-refractivity contribution in [2.45, 2.75) is 50.9 Å². The van der Waals surface area contributed by atoms with Crippen LogP contribution in [0, 0.1) is 0 Å². The summed E-state index contributed by atoms with van der Waals surface area (Å²) in [6, 6.07) is 0.226. The molecule has 0 spiro atoms. The van der Waals surface area contributed by atoms with E-state index in [2.05, 4.69) is 10.2 Å². The zero-order chi connectivity index (χ0) is 12.3. The molecule has 0 aliphatic carbocycles. The van der Waals surface area contributed by atoms with Gasteiger partial charge in [0.2, 0.25) is 5.95 Å². The summed E-state index contributed by atoms with van der Waals surface area (Å²) in [5.41, 5.74) is 5.05. The van der Waals surface area contributed by atoms with Crippen LogP contribution in [0.1, 0.15) is 40.2 Å². The van der Waals surface area contributed by atoms with Gasteiger partial charge in [0.25, 0.3) is 0 Å². The molecule has 1 heterocycles. The molecule has 92 valence electrons. The molecule has 0 radical (unpaired) electrons. The molecule has 0 saturated carbocycles. The number of hydrogen-bond acceptors (Lipinski definition) is 5. The van der Waals surface area contributed by atoms with Gasteiger partial charge in [-0.3, -0.25) is 4.57 Å². The SMILES string of the molecule is CCC(C)(O)CSc1nnc(N)n1C(C)C. The Labute approximate surface area is 100 Å². The zero-order valence-electron chi connectivity index (χ0n) is 10.3.